The third-order valence-corrected chi connectivity index (χ3v) is 5.89. The average Bonchev–Trinajstić information content (AvgIpc) is 3.36. The fraction of sp³-hybridized carbons (Fsp3) is 0.273. The molecule has 9 nitrogen and oxygen atoms in total. The first-order valence-corrected chi connectivity index (χ1v) is 9.91. The van der Waals surface area contributed by atoms with Gasteiger partial charge in [-0.1, -0.05) is 0 Å². The van der Waals surface area contributed by atoms with Crippen LogP contribution in [0.2, 0.25) is 0 Å². The van der Waals surface area contributed by atoms with Crippen molar-refractivity contribution < 1.29 is 0 Å². The summed E-state index contributed by atoms with van der Waals surface area (Å²) in [7, 11) is 1.81. The van der Waals surface area contributed by atoms with Crippen LogP contribution in [0.5, 0.6) is 0 Å². The van der Waals surface area contributed by atoms with E-state index in [-0.39, 0.29) is 5.92 Å². The summed E-state index contributed by atoms with van der Waals surface area (Å²) in [5.41, 5.74) is 9.19. The van der Waals surface area contributed by atoms with Crippen molar-refractivity contribution in [2.45, 2.75) is 24.8 Å². The smallest absolute Gasteiger partial charge is 0.154 e. The Kier molecular flexibility index (Phi) is 4.19. The minimum atomic E-state index is -0.438. The normalized spacial score (nSPS) is 20.2. The Balaban J connectivity index is 1.64. The summed E-state index contributed by atoms with van der Waals surface area (Å²) in [4.78, 5) is 9.37. The van der Waals surface area contributed by atoms with Crippen molar-refractivity contribution in [1.29, 1.82) is 10.5 Å². The van der Waals surface area contributed by atoms with Gasteiger partial charge in [0.1, 0.15) is 11.4 Å². The lowest BCUT2D eigenvalue weighted by atomic mass is 9.67. The molecule has 4 aromatic heterocycles. The fourth-order valence-electron chi connectivity index (χ4n) is 4.33. The highest BCUT2D eigenvalue weighted by Crippen LogP contribution is 2.46. The molecule has 0 saturated heterocycles. The standard InChI is InChI=1S/C22H19N9/c1-30-13-16(21(25)29-30)19-9-18-15(3-2-7-26-18)20(27-19)17-4-8-31(28-17)22(5-6-23)10-14(11-22)12-24/h2-4,7-9,13-14H,5,10-11H2,1H3,(H2,25,29). The number of rotatable bonds is 4. The molecule has 2 N–H and O–H groups in total. The number of nitrogens with zero attached hydrogens (tertiary/aromatic N) is 8. The molecule has 152 valence electrons. The van der Waals surface area contributed by atoms with Gasteiger partial charge in [0.15, 0.2) is 5.82 Å². The van der Waals surface area contributed by atoms with Crippen LogP contribution in [-0.2, 0) is 12.6 Å². The van der Waals surface area contributed by atoms with E-state index in [0.717, 1.165) is 16.5 Å². The molecule has 0 atom stereocenters. The quantitative estimate of drug-likeness (QED) is 0.547. The number of hydrogen-bond acceptors (Lipinski definition) is 7. The molecular weight excluding hydrogens is 390 g/mol. The zero-order valence-electron chi connectivity index (χ0n) is 16.9. The first-order valence-electron chi connectivity index (χ1n) is 9.91. The van der Waals surface area contributed by atoms with E-state index in [1.54, 1.807) is 10.9 Å². The summed E-state index contributed by atoms with van der Waals surface area (Å²) in [6.45, 7) is 0. The fourth-order valence-corrected chi connectivity index (χ4v) is 4.33. The second-order valence-electron chi connectivity index (χ2n) is 7.97. The summed E-state index contributed by atoms with van der Waals surface area (Å²) in [5.74, 6) is 0.354. The van der Waals surface area contributed by atoms with Crippen molar-refractivity contribution >= 4 is 16.7 Å². The van der Waals surface area contributed by atoms with E-state index in [0.29, 0.717) is 42.2 Å². The number of fused-ring (bicyclic) bond motifs is 1. The molecule has 1 aliphatic carbocycles. The summed E-state index contributed by atoms with van der Waals surface area (Å²) in [6, 6.07) is 12.1. The third kappa shape index (κ3) is 2.99. The Morgan fingerprint density at radius 1 is 1.23 bits per heavy atom. The zero-order valence-corrected chi connectivity index (χ0v) is 16.9. The number of pyridine rings is 2. The molecule has 1 aliphatic rings. The molecule has 5 rings (SSSR count). The van der Waals surface area contributed by atoms with E-state index in [2.05, 4.69) is 22.2 Å². The van der Waals surface area contributed by atoms with Crippen LogP contribution in [0.4, 0.5) is 5.82 Å². The summed E-state index contributed by atoms with van der Waals surface area (Å²) in [6.07, 6.45) is 7.00. The van der Waals surface area contributed by atoms with Crippen LogP contribution in [0.25, 0.3) is 33.5 Å². The third-order valence-electron chi connectivity index (χ3n) is 5.89. The number of aryl methyl sites for hydroxylation is 1. The second kappa shape index (κ2) is 6.92. The molecule has 9 heteroatoms. The van der Waals surface area contributed by atoms with Gasteiger partial charge in [-0.05, 0) is 37.1 Å². The Morgan fingerprint density at radius 3 is 2.77 bits per heavy atom. The molecule has 0 radical (unpaired) electrons. The molecular formula is C22H19N9. The topological polar surface area (TPSA) is 135 Å². The zero-order chi connectivity index (χ0) is 21.6. The van der Waals surface area contributed by atoms with Crippen LogP contribution in [0.15, 0.2) is 42.9 Å². The Morgan fingerprint density at radius 2 is 2.06 bits per heavy atom. The van der Waals surface area contributed by atoms with Crippen molar-refractivity contribution in [3.8, 4) is 34.8 Å². The van der Waals surface area contributed by atoms with Gasteiger partial charge in [0.05, 0.1) is 46.8 Å². The number of aromatic nitrogens is 6. The van der Waals surface area contributed by atoms with Gasteiger partial charge in [0, 0.05) is 31.0 Å². The van der Waals surface area contributed by atoms with Gasteiger partial charge in [0.2, 0.25) is 0 Å². The maximum Gasteiger partial charge on any atom is 0.154 e. The maximum absolute atomic E-state index is 9.33. The monoisotopic (exact) mass is 409 g/mol. The largest absolute Gasteiger partial charge is 0.382 e. The molecule has 4 heterocycles. The van der Waals surface area contributed by atoms with Crippen LogP contribution in [0, 0.1) is 28.6 Å². The van der Waals surface area contributed by atoms with Crippen molar-refractivity contribution in [1.82, 2.24) is 29.5 Å². The molecule has 4 aromatic rings. The molecule has 0 spiro atoms. The lowest BCUT2D eigenvalue weighted by Gasteiger charge is -2.43. The van der Waals surface area contributed by atoms with Crippen LogP contribution < -0.4 is 5.73 Å². The molecule has 0 amide bonds. The number of nitrogens with two attached hydrogens (primary N) is 1. The molecule has 1 fully saturated rings. The van der Waals surface area contributed by atoms with Gasteiger partial charge in [-0.2, -0.15) is 20.7 Å². The second-order valence-corrected chi connectivity index (χ2v) is 7.97. The highest BCUT2D eigenvalue weighted by Gasteiger charge is 2.46. The van der Waals surface area contributed by atoms with Gasteiger partial charge in [-0.15, -0.1) is 0 Å². The van der Waals surface area contributed by atoms with Crippen LogP contribution in [0.1, 0.15) is 19.3 Å². The molecule has 0 unspecified atom stereocenters. The van der Waals surface area contributed by atoms with Crippen LogP contribution >= 0.6 is 0 Å². The van der Waals surface area contributed by atoms with Gasteiger partial charge >= 0.3 is 0 Å². The van der Waals surface area contributed by atoms with Crippen molar-refractivity contribution in [3.05, 3.63) is 42.9 Å². The Bertz CT molecular complexity index is 1380. The molecule has 0 aliphatic heterocycles. The highest BCUT2D eigenvalue weighted by molar-refractivity contribution is 5.94. The maximum atomic E-state index is 9.33. The van der Waals surface area contributed by atoms with Crippen LogP contribution in [-0.4, -0.2) is 29.5 Å². The van der Waals surface area contributed by atoms with E-state index in [1.807, 2.05) is 48.4 Å². The first kappa shape index (κ1) is 18.8. The van der Waals surface area contributed by atoms with Crippen molar-refractivity contribution in [2.24, 2.45) is 13.0 Å². The van der Waals surface area contributed by atoms with Gasteiger partial charge in [-0.3, -0.25) is 14.3 Å². The lowest BCUT2D eigenvalue weighted by Crippen LogP contribution is -2.46. The number of nitriles is 2. The first-order chi connectivity index (χ1) is 15.0. The van der Waals surface area contributed by atoms with Crippen molar-refractivity contribution in [2.75, 3.05) is 5.73 Å². The predicted molar refractivity (Wildman–Crippen MR) is 114 cm³/mol. The SMILES string of the molecule is Cn1cc(-c2cc3ncccc3c(-c3ccn(C4(CC#N)CC(C#N)C4)n3)n2)c(N)n1. The summed E-state index contributed by atoms with van der Waals surface area (Å²) >= 11 is 0. The predicted octanol–water partition coefficient (Wildman–Crippen LogP) is 3.02. The molecule has 0 aromatic carbocycles. The van der Waals surface area contributed by atoms with Gasteiger partial charge in [0.25, 0.3) is 0 Å². The lowest BCUT2D eigenvalue weighted by molar-refractivity contribution is 0.0884. The number of hydrogen-bond donors (Lipinski definition) is 1. The van der Waals surface area contributed by atoms with Crippen molar-refractivity contribution in [3.63, 3.8) is 0 Å². The Hall–Kier alpha value is -4.24. The van der Waals surface area contributed by atoms with E-state index < -0.39 is 5.54 Å². The van der Waals surface area contributed by atoms with E-state index in [9.17, 15) is 10.5 Å². The highest BCUT2D eigenvalue weighted by atomic mass is 15.3. The van der Waals surface area contributed by atoms with E-state index in [4.69, 9.17) is 15.8 Å². The molecule has 1 saturated carbocycles. The summed E-state index contributed by atoms with van der Waals surface area (Å²) in [5, 5.41) is 28.4. The minimum Gasteiger partial charge on any atom is -0.382 e. The van der Waals surface area contributed by atoms with E-state index >= 15 is 0 Å². The Labute approximate surface area is 178 Å². The molecule has 31 heavy (non-hydrogen) atoms. The van der Waals surface area contributed by atoms with Gasteiger partial charge in [-0.25, -0.2) is 4.98 Å². The minimum absolute atomic E-state index is 0.0407. The van der Waals surface area contributed by atoms with Crippen LogP contribution in [0.3, 0.4) is 0 Å². The molecule has 0 bridgehead atoms. The average molecular weight is 409 g/mol. The van der Waals surface area contributed by atoms with E-state index in [1.165, 1.54) is 0 Å². The summed E-state index contributed by atoms with van der Waals surface area (Å²) < 4.78 is 3.48. The number of anilines is 1. The van der Waals surface area contributed by atoms with Gasteiger partial charge < -0.3 is 5.73 Å². The number of nitrogen functional groups attached to an aromatic ring is 1.